The molecule has 1 N–H and O–H groups in total. The number of hydrogen-bond donors (Lipinski definition) is 1. The molecule has 0 bridgehead atoms. The van der Waals surface area contributed by atoms with E-state index in [1.807, 2.05) is 19.2 Å². The lowest BCUT2D eigenvalue weighted by molar-refractivity contribution is 0.193. The summed E-state index contributed by atoms with van der Waals surface area (Å²) < 4.78 is 0. The normalized spacial score (nSPS) is 23.0. The topological polar surface area (TPSA) is 18.5 Å². The molecule has 1 aliphatic heterocycles. The predicted molar refractivity (Wildman–Crippen MR) is 91.0 cm³/mol. The molecule has 1 aromatic carbocycles. The third kappa shape index (κ3) is 4.96. The quantitative estimate of drug-likeness (QED) is 0.902. The monoisotopic (exact) mass is 309 g/mol. The number of likely N-dealkylation sites (N-methyl/N-ethyl adjacent to an activating group) is 1. The lowest BCUT2D eigenvalue weighted by Gasteiger charge is -2.29. The molecular formula is C17H28ClN3. The number of halogens is 1. The van der Waals surface area contributed by atoms with E-state index in [0.29, 0.717) is 12.1 Å². The maximum atomic E-state index is 5.98. The molecule has 4 heteroatoms. The summed E-state index contributed by atoms with van der Waals surface area (Å²) in [6, 6.07) is 9.25. The lowest BCUT2D eigenvalue weighted by Crippen LogP contribution is -2.39. The first-order valence-corrected chi connectivity index (χ1v) is 8.33. The number of nitrogens with one attached hydrogen (secondary N) is 1. The summed E-state index contributed by atoms with van der Waals surface area (Å²) in [5.74, 6) is 0. The molecule has 1 aromatic rings. The number of rotatable bonds is 5. The first kappa shape index (κ1) is 16.8. The fourth-order valence-electron chi connectivity index (χ4n) is 3.22. The van der Waals surface area contributed by atoms with Crippen LogP contribution in [0.2, 0.25) is 5.02 Å². The average molecular weight is 310 g/mol. The molecule has 2 atom stereocenters. The van der Waals surface area contributed by atoms with Crippen LogP contribution in [0.3, 0.4) is 0 Å². The van der Waals surface area contributed by atoms with Crippen LogP contribution in [0, 0.1) is 0 Å². The summed E-state index contributed by atoms with van der Waals surface area (Å²) in [5, 5.41) is 4.24. The Morgan fingerprint density at radius 1 is 1.29 bits per heavy atom. The highest BCUT2D eigenvalue weighted by Crippen LogP contribution is 2.20. The second kappa shape index (κ2) is 8.14. The summed E-state index contributed by atoms with van der Waals surface area (Å²) >= 11 is 5.98. The van der Waals surface area contributed by atoms with Crippen molar-refractivity contribution in [2.75, 3.05) is 40.3 Å². The summed E-state index contributed by atoms with van der Waals surface area (Å²) in [4.78, 5) is 5.07. The van der Waals surface area contributed by atoms with Gasteiger partial charge in [0.05, 0.1) is 0 Å². The van der Waals surface area contributed by atoms with Gasteiger partial charge in [-0.2, -0.15) is 0 Å². The van der Waals surface area contributed by atoms with Crippen molar-refractivity contribution in [2.24, 2.45) is 0 Å². The molecule has 118 valence electrons. The molecule has 1 saturated heterocycles. The summed E-state index contributed by atoms with van der Waals surface area (Å²) in [7, 11) is 4.27. The van der Waals surface area contributed by atoms with E-state index in [9.17, 15) is 0 Å². The molecule has 0 aromatic heterocycles. The zero-order valence-corrected chi connectivity index (χ0v) is 14.2. The van der Waals surface area contributed by atoms with Crippen LogP contribution in [-0.4, -0.2) is 56.1 Å². The summed E-state index contributed by atoms with van der Waals surface area (Å²) in [6.07, 6.45) is 2.40. The Balaban J connectivity index is 1.91. The van der Waals surface area contributed by atoms with Gasteiger partial charge in [0.15, 0.2) is 0 Å². The molecule has 0 aliphatic carbocycles. The molecule has 21 heavy (non-hydrogen) atoms. The third-order valence-electron chi connectivity index (χ3n) is 4.51. The van der Waals surface area contributed by atoms with Crippen molar-refractivity contribution in [1.82, 2.24) is 15.1 Å². The first-order valence-electron chi connectivity index (χ1n) is 7.95. The number of benzene rings is 1. The average Bonchev–Trinajstić information content (AvgIpc) is 2.62. The van der Waals surface area contributed by atoms with Gasteiger partial charge < -0.3 is 10.2 Å². The van der Waals surface area contributed by atoms with Crippen LogP contribution in [-0.2, 0) is 0 Å². The van der Waals surface area contributed by atoms with Gasteiger partial charge in [-0.15, -0.1) is 0 Å². The third-order valence-corrected chi connectivity index (χ3v) is 4.76. The number of nitrogens with zero attached hydrogens (tertiary/aromatic N) is 2. The zero-order chi connectivity index (χ0) is 15.2. The first-order chi connectivity index (χ1) is 10.1. The highest BCUT2D eigenvalue weighted by Gasteiger charge is 2.20. The highest BCUT2D eigenvalue weighted by atomic mass is 35.5. The van der Waals surface area contributed by atoms with Gasteiger partial charge in [0.25, 0.3) is 0 Å². The predicted octanol–water partition coefficient (Wildman–Crippen LogP) is 3.02. The molecule has 0 spiro atoms. The maximum Gasteiger partial charge on any atom is 0.0406 e. The Hall–Kier alpha value is -0.610. The lowest BCUT2D eigenvalue weighted by atomic mass is 10.0. The minimum Gasteiger partial charge on any atom is -0.313 e. The second-order valence-corrected chi connectivity index (χ2v) is 6.62. The van der Waals surface area contributed by atoms with E-state index >= 15 is 0 Å². The molecule has 3 nitrogen and oxygen atoms in total. The van der Waals surface area contributed by atoms with Crippen molar-refractivity contribution in [2.45, 2.75) is 31.8 Å². The van der Waals surface area contributed by atoms with Gasteiger partial charge in [-0.05, 0) is 64.6 Å². The Bertz CT molecular complexity index is 421. The molecule has 0 radical (unpaired) electrons. The van der Waals surface area contributed by atoms with E-state index in [1.165, 1.54) is 31.6 Å². The summed E-state index contributed by atoms with van der Waals surface area (Å²) in [5.41, 5.74) is 1.32. The second-order valence-electron chi connectivity index (χ2n) is 6.18. The molecular weight excluding hydrogens is 282 g/mol. The van der Waals surface area contributed by atoms with Crippen LogP contribution in [0.5, 0.6) is 0 Å². The molecule has 0 amide bonds. The molecule has 2 rings (SSSR count). The molecule has 1 fully saturated rings. The van der Waals surface area contributed by atoms with Crippen molar-refractivity contribution >= 4 is 11.6 Å². The maximum absolute atomic E-state index is 5.98. The van der Waals surface area contributed by atoms with E-state index in [4.69, 9.17) is 11.6 Å². The fourth-order valence-corrected chi connectivity index (χ4v) is 3.35. The fraction of sp³-hybridized carbons (Fsp3) is 0.647. The number of hydrogen-bond acceptors (Lipinski definition) is 3. The Morgan fingerprint density at radius 2 is 2.00 bits per heavy atom. The summed E-state index contributed by atoms with van der Waals surface area (Å²) in [6.45, 7) is 7.09. The van der Waals surface area contributed by atoms with Gasteiger partial charge in [0.1, 0.15) is 0 Å². The molecule has 0 saturated carbocycles. The van der Waals surface area contributed by atoms with Crippen LogP contribution in [0.4, 0.5) is 0 Å². The van der Waals surface area contributed by atoms with E-state index in [-0.39, 0.29) is 0 Å². The van der Waals surface area contributed by atoms with Crippen LogP contribution in [0.1, 0.15) is 31.4 Å². The SMILES string of the molecule is CNC(CCN1CCCN(C)CC1C)c1ccc(Cl)cc1. The van der Waals surface area contributed by atoms with Gasteiger partial charge >= 0.3 is 0 Å². The van der Waals surface area contributed by atoms with Gasteiger partial charge in [-0.3, -0.25) is 4.90 Å². The van der Waals surface area contributed by atoms with E-state index < -0.39 is 0 Å². The van der Waals surface area contributed by atoms with Gasteiger partial charge in [-0.1, -0.05) is 23.7 Å². The largest absolute Gasteiger partial charge is 0.313 e. The Morgan fingerprint density at radius 3 is 2.67 bits per heavy atom. The van der Waals surface area contributed by atoms with Gasteiger partial charge in [0, 0.05) is 30.2 Å². The van der Waals surface area contributed by atoms with Crippen molar-refractivity contribution in [3.63, 3.8) is 0 Å². The Kier molecular flexibility index (Phi) is 6.49. The molecule has 2 unspecified atom stereocenters. The van der Waals surface area contributed by atoms with Crippen LogP contribution in [0.15, 0.2) is 24.3 Å². The standard InChI is InChI=1S/C17H28ClN3/c1-14-13-20(3)10-4-11-21(14)12-9-17(19-2)15-5-7-16(18)8-6-15/h5-8,14,17,19H,4,9-13H2,1-3H3. The van der Waals surface area contributed by atoms with Crippen molar-refractivity contribution < 1.29 is 0 Å². The van der Waals surface area contributed by atoms with Crippen molar-refractivity contribution in [1.29, 1.82) is 0 Å². The van der Waals surface area contributed by atoms with Crippen molar-refractivity contribution in [3.8, 4) is 0 Å². The van der Waals surface area contributed by atoms with Crippen LogP contribution < -0.4 is 5.32 Å². The Labute approximate surface area is 134 Å². The molecule has 1 heterocycles. The minimum absolute atomic E-state index is 0.399. The van der Waals surface area contributed by atoms with Crippen LogP contribution in [0.25, 0.3) is 0 Å². The smallest absolute Gasteiger partial charge is 0.0406 e. The minimum atomic E-state index is 0.399. The van der Waals surface area contributed by atoms with E-state index in [1.54, 1.807) is 0 Å². The van der Waals surface area contributed by atoms with E-state index in [2.05, 4.69) is 41.2 Å². The van der Waals surface area contributed by atoms with Crippen LogP contribution >= 0.6 is 11.6 Å². The zero-order valence-electron chi connectivity index (χ0n) is 13.5. The van der Waals surface area contributed by atoms with Crippen molar-refractivity contribution in [3.05, 3.63) is 34.9 Å². The molecule has 1 aliphatic rings. The highest BCUT2D eigenvalue weighted by molar-refractivity contribution is 6.30. The van der Waals surface area contributed by atoms with E-state index in [0.717, 1.165) is 18.0 Å². The van der Waals surface area contributed by atoms with Gasteiger partial charge in [0.2, 0.25) is 0 Å². The van der Waals surface area contributed by atoms with Gasteiger partial charge in [-0.25, -0.2) is 0 Å².